The molecule has 0 saturated heterocycles. The van der Waals surface area contributed by atoms with Crippen LogP contribution in [-0.2, 0) is 0 Å². The van der Waals surface area contributed by atoms with E-state index in [0.717, 1.165) is 83.0 Å². The summed E-state index contributed by atoms with van der Waals surface area (Å²) in [6.45, 7) is 0. The van der Waals surface area contributed by atoms with Gasteiger partial charge in [0.25, 0.3) is 0 Å². The first-order chi connectivity index (χ1) is 23.3. The fraction of sp³-hybridized carbons (Fsp3) is 0. The van der Waals surface area contributed by atoms with E-state index < -0.39 is 0 Å². The maximum Gasteiger partial charge on any atom is 0.228 e. The quantitative estimate of drug-likeness (QED) is 0.200. The van der Waals surface area contributed by atoms with Gasteiger partial charge in [-0.2, -0.15) is 0 Å². The predicted molar refractivity (Wildman–Crippen MR) is 187 cm³/mol. The smallest absolute Gasteiger partial charge is 0.228 e. The highest BCUT2D eigenvalue weighted by Gasteiger charge is 2.22. The summed E-state index contributed by atoms with van der Waals surface area (Å²) in [5.41, 5.74) is 10.6. The first kappa shape index (κ1) is 25.8. The summed E-state index contributed by atoms with van der Waals surface area (Å²) >= 11 is 0. The van der Waals surface area contributed by atoms with E-state index in [4.69, 9.17) is 23.9 Å². The molecule has 0 amide bonds. The second-order valence-corrected chi connectivity index (χ2v) is 11.7. The molecule has 47 heavy (non-hydrogen) atoms. The fourth-order valence-electron chi connectivity index (χ4n) is 6.67. The SMILES string of the molecule is c1ccc(-c2cc(-c3ccccc3)c3nc(-c4ccc(-c5nc6oc7ccccc7c6c6c5oc5ccccc56)cc4)nn3c2)cc1. The van der Waals surface area contributed by atoms with Crippen molar-refractivity contribution >= 4 is 49.7 Å². The highest BCUT2D eigenvalue weighted by Crippen LogP contribution is 2.43. The van der Waals surface area contributed by atoms with E-state index >= 15 is 0 Å². The van der Waals surface area contributed by atoms with Crippen LogP contribution in [0.25, 0.3) is 94.6 Å². The summed E-state index contributed by atoms with van der Waals surface area (Å²) in [7, 11) is 0. The van der Waals surface area contributed by atoms with Crippen LogP contribution in [0.1, 0.15) is 0 Å². The molecule has 0 fully saturated rings. The number of para-hydroxylation sites is 2. The minimum Gasteiger partial charge on any atom is -0.454 e. The van der Waals surface area contributed by atoms with Crippen molar-refractivity contribution in [2.45, 2.75) is 0 Å². The van der Waals surface area contributed by atoms with Crippen molar-refractivity contribution in [2.24, 2.45) is 0 Å². The fourth-order valence-corrected chi connectivity index (χ4v) is 6.67. The van der Waals surface area contributed by atoms with Crippen LogP contribution in [0.15, 0.2) is 155 Å². The van der Waals surface area contributed by atoms with Crippen LogP contribution in [-0.4, -0.2) is 19.6 Å². The number of nitrogens with zero attached hydrogens (tertiary/aromatic N) is 4. The third-order valence-electron chi connectivity index (χ3n) is 8.89. The molecular weight excluding hydrogens is 580 g/mol. The van der Waals surface area contributed by atoms with Crippen LogP contribution in [0.3, 0.4) is 0 Å². The molecule has 0 saturated carbocycles. The molecule has 0 aliphatic heterocycles. The zero-order valence-electron chi connectivity index (χ0n) is 25.0. The van der Waals surface area contributed by atoms with Gasteiger partial charge in [0, 0.05) is 44.6 Å². The molecule has 6 nitrogen and oxygen atoms in total. The van der Waals surface area contributed by atoms with E-state index in [1.807, 2.05) is 83.5 Å². The number of rotatable bonds is 4. The largest absolute Gasteiger partial charge is 0.454 e. The minimum atomic E-state index is 0.592. The number of pyridine rings is 2. The Hall–Kier alpha value is -6.53. The zero-order valence-corrected chi connectivity index (χ0v) is 25.0. The Labute approximate surface area is 268 Å². The highest BCUT2D eigenvalue weighted by molar-refractivity contribution is 6.26. The van der Waals surface area contributed by atoms with E-state index in [2.05, 4.69) is 66.7 Å². The monoisotopic (exact) mass is 604 g/mol. The predicted octanol–water partition coefficient (Wildman–Crippen LogP) is 10.6. The Balaban J connectivity index is 1.13. The second kappa shape index (κ2) is 9.99. The molecule has 0 aliphatic rings. The van der Waals surface area contributed by atoms with Gasteiger partial charge >= 0.3 is 0 Å². The lowest BCUT2D eigenvalue weighted by Crippen LogP contribution is -1.93. The molecule has 5 aromatic carbocycles. The maximum absolute atomic E-state index is 6.49. The number of hydrogen-bond donors (Lipinski definition) is 0. The lowest BCUT2D eigenvalue weighted by atomic mass is 10.0. The van der Waals surface area contributed by atoms with Gasteiger partial charge in [0.15, 0.2) is 17.1 Å². The van der Waals surface area contributed by atoms with Crippen LogP contribution in [0.5, 0.6) is 0 Å². The molecule has 10 aromatic rings. The average molecular weight is 605 g/mol. The Morgan fingerprint density at radius 1 is 0.489 bits per heavy atom. The Morgan fingerprint density at radius 3 is 1.85 bits per heavy atom. The van der Waals surface area contributed by atoms with Crippen molar-refractivity contribution in [3.63, 3.8) is 0 Å². The Kier molecular flexibility index (Phi) is 5.48. The number of aromatic nitrogens is 4. The average Bonchev–Trinajstić information content (AvgIpc) is 3.85. The summed E-state index contributed by atoms with van der Waals surface area (Å²) in [6.07, 6.45) is 2.05. The van der Waals surface area contributed by atoms with Gasteiger partial charge in [0.1, 0.15) is 16.9 Å². The summed E-state index contributed by atoms with van der Waals surface area (Å²) in [4.78, 5) is 10.1. The molecular formula is C41H24N4O2. The van der Waals surface area contributed by atoms with E-state index in [-0.39, 0.29) is 0 Å². The van der Waals surface area contributed by atoms with Crippen molar-refractivity contribution in [1.29, 1.82) is 0 Å². The minimum absolute atomic E-state index is 0.592. The van der Waals surface area contributed by atoms with Crippen molar-refractivity contribution in [3.8, 4) is 44.9 Å². The molecule has 0 aliphatic carbocycles. The van der Waals surface area contributed by atoms with Gasteiger partial charge in [-0.1, -0.05) is 121 Å². The third-order valence-corrected chi connectivity index (χ3v) is 8.89. The van der Waals surface area contributed by atoms with Gasteiger partial charge in [0.05, 0.1) is 5.39 Å². The lowest BCUT2D eigenvalue weighted by molar-refractivity contribution is 0.650. The summed E-state index contributed by atoms with van der Waals surface area (Å²) in [5, 5.41) is 9.01. The van der Waals surface area contributed by atoms with Crippen molar-refractivity contribution in [1.82, 2.24) is 19.6 Å². The van der Waals surface area contributed by atoms with Gasteiger partial charge in [-0.05, 0) is 29.3 Å². The summed E-state index contributed by atoms with van der Waals surface area (Å²) in [5.74, 6) is 0.647. The van der Waals surface area contributed by atoms with Gasteiger partial charge < -0.3 is 8.83 Å². The molecule has 220 valence electrons. The molecule has 5 aromatic heterocycles. The molecule has 5 heterocycles. The van der Waals surface area contributed by atoms with Crippen molar-refractivity contribution in [2.75, 3.05) is 0 Å². The van der Waals surface area contributed by atoms with E-state index in [1.54, 1.807) is 0 Å². The molecule has 0 N–H and O–H groups in total. The number of fused-ring (bicyclic) bond motifs is 8. The zero-order chi connectivity index (χ0) is 30.9. The molecule has 0 atom stereocenters. The first-order valence-electron chi connectivity index (χ1n) is 15.5. The van der Waals surface area contributed by atoms with Gasteiger partial charge in [-0.3, -0.25) is 0 Å². The van der Waals surface area contributed by atoms with Gasteiger partial charge in [-0.15, -0.1) is 5.10 Å². The summed E-state index contributed by atoms with van der Waals surface area (Å²) in [6, 6.07) is 47.3. The molecule has 0 unspecified atom stereocenters. The molecule has 0 radical (unpaired) electrons. The first-order valence-corrected chi connectivity index (χ1v) is 15.5. The van der Waals surface area contributed by atoms with Crippen molar-refractivity contribution in [3.05, 3.63) is 146 Å². The Morgan fingerprint density at radius 2 is 1.11 bits per heavy atom. The Bertz CT molecular complexity index is 2780. The number of furan rings is 2. The second-order valence-electron chi connectivity index (χ2n) is 11.7. The molecule has 0 spiro atoms. The van der Waals surface area contributed by atoms with Crippen LogP contribution < -0.4 is 0 Å². The lowest BCUT2D eigenvalue weighted by Gasteiger charge is -2.08. The maximum atomic E-state index is 6.49. The molecule has 10 rings (SSSR count). The van der Waals surface area contributed by atoms with Crippen LogP contribution in [0.4, 0.5) is 0 Å². The van der Waals surface area contributed by atoms with Gasteiger partial charge in [-0.25, -0.2) is 14.5 Å². The molecule has 6 heteroatoms. The van der Waals surface area contributed by atoms with E-state index in [1.165, 1.54) is 0 Å². The summed E-state index contributed by atoms with van der Waals surface area (Å²) < 4.78 is 14.7. The molecule has 0 bridgehead atoms. The number of hydrogen-bond acceptors (Lipinski definition) is 5. The normalized spacial score (nSPS) is 11.8. The van der Waals surface area contributed by atoms with Crippen LogP contribution in [0, 0.1) is 0 Å². The van der Waals surface area contributed by atoms with Crippen molar-refractivity contribution < 1.29 is 8.83 Å². The standard InChI is InChI=1S/C41H24N4O2/c1-3-11-25(12-4-1)29-23-32(26-13-5-2-6-14-26)40-43-39(44-45(40)24-29)28-21-19-27(20-22-28)37-38-35(30-15-7-9-17-33(30)46-38)36-31-16-8-10-18-34(31)47-41(36)42-37/h1-24H. The van der Waals surface area contributed by atoms with E-state index in [0.29, 0.717) is 11.5 Å². The third kappa shape index (κ3) is 4.02. The van der Waals surface area contributed by atoms with Crippen LogP contribution in [0.2, 0.25) is 0 Å². The van der Waals surface area contributed by atoms with E-state index in [9.17, 15) is 0 Å². The topological polar surface area (TPSA) is 69.4 Å². The van der Waals surface area contributed by atoms with Gasteiger partial charge in [0.2, 0.25) is 5.71 Å². The highest BCUT2D eigenvalue weighted by atomic mass is 16.3. The number of benzene rings is 5. The van der Waals surface area contributed by atoms with Crippen LogP contribution >= 0.6 is 0 Å².